The van der Waals surface area contributed by atoms with E-state index in [1.165, 1.54) is 0 Å². The Labute approximate surface area is 138 Å². The third-order valence-electron chi connectivity index (χ3n) is 4.86. The smallest absolute Gasteiger partial charge is 0.243 e. The van der Waals surface area contributed by atoms with Gasteiger partial charge in [-0.15, -0.1) is 0 Å². The highest BCUT2D eigenvalue weighted by Crippen LogP contribution is 2.35. The second-order valence-corrected chi connectivity index (χ2v) is 8.78. The zero-order valence-corrected chi connectivity index (χ0v) is 14.8. The van der Waals surface area contributed by atoms with Crippen molar-refractivity contribution in [2.75, 3.05) is 18.0 Å². The Kier molecular flexibility index (Phi) is 4.23. The Bertz CT molecular complexity index is 729. The van der Waals surface area contributed by atoms with E-state index in [0.717, 1.165) is 24.1 Å². The van der Waals surface area contributed by atoms with E-state index in [0.29, 0.717) is 30.3 Å². The minimum Gasteiger partial charge on any atom is -0.309 e. The van der Waals surface area contributed by atoms with E-state index in [-0.39, 0.29) is 11.9 Å². The van der Waals surface area contributed by atoms with Crippen LogP contribution in [-0.2, 0) is 21.2 Å². The van der Waals surface area contributed by atoms with Crippen LogP contribution in [-0.4, -0.2) is 37.8 Å². The summed E-state index contributed by atoms with van der Waals surface area (Å²) in [6.07, 6.45) is 2.70. The number of fused-ring (bicyclic) bond motifs is 1. The van der Waals surface area contributed by atoms with Crippen LogP contribution in [0, 0.1) is 5.92 Å². The van der Waals surface area contributed by atoms with E-state index >= 15 is 0 Å². The molecule has 5 nitrogen and oxygen atoms in total. The average molecular weight is 336 g/mol. The summed E-state index contributed by atoms with van der Waals surface area (Å²) in [6.45, 7) is 6.82. The highest BCUT2D eigenvalue weighted by molar-refractivity contribution is 7.89. The fourth-order valence-electron chi connectivity index (χ4n) is 3.76. The number of hydrogen-bond donors (Lipinski definition) is 0. The van der Waals surface area contributed by atoms with Gasteiger partial charge in [0.25, 0.3) is 0 Å². The molecule has 1 saturated heterocycles. The number of amides is 1. The van der Waals surface area contributed by atoms with Gasteiger partial charge in [-0.1, -0.05) is 6.92 Å². The van der Waals surface area contributed by atoms with Crippen LogP contribution in [0.1, 0.15) is 39.2 Å². The molecule has 1 aromatic rings. The Balaban J connectivity index is 1.94. The van der Waals surface area contributed by atoms with Gasteiger partial charge < -0.3 is 4.90 Å². The summed E-state index contributed by atoms with van der Waals surface area (Å²) in [5, 5.41) is 0. The molecule has 6 heteroatoms. The van der Waals surface area contributed by atoms with E-state index < -0.39 is 10.0 Å². The predicted molar refractivity (Wildman–Crippen MR) is 89.9 cm³/mol. The Morgan fingerprint density at radius 1 is 1.26 bits per heavy atom. The van der Waals surface area contributed by atoms with Crippen molar-refractivity contribution in [3.63, 3.8) is 0 Å². The van der Waals surface area contributed by atoms with Crippen LogP contribution in [0.4, 0.5) is 5.69 Å². The van der Waals surface area contributed by atoms with Crippen LogP contribution in [0.2, 0.25) is 0 Å². The monoisotopic (exact) mass is 336 g/mol. The largest absolute Gasteiger partial charge is 0.309 e. The first-order valence-electron chi connectivity index (χ1n) is 8.23. The molecule has 3 rings (SSSR count). The maximum Gasteiger partial charge on any atom is 0.243 e. The third-order valence-corrected chi connectivity index (χ3v) is 6.72. The summed E-state index contributed by atoms with van der Waals surface area (Å²) < 4.78 is 27.4. The Morgan fingerprint density at radius 3 is 2.65 bits per heavy atom. The first-order chi connectivity index (χ1) is 10.8. The number of hydrogen-bond acceptors (Lipinski definition) is 3. The van der Waals surface area contributed by atoms with Crippen molar-refractivity contribution < 1.29 is 13.2 Å². The number of rotatable bonds is 2. The molecule has 2 aliphatic heterocycles. The summed E-state index contributed by atoms with van der Waals surface area (Å²) >= 11 is 0. The highest BCUT2D eigenvalue weighted by atomic mass is 32.2. The summed E-state index contributed by atoms with van der Waals surface area (Å²) in [7, 11) is -3.44. The van der Waals surface area contributed by atoms with Crippen molar-refractivity contribution in [3.8, 4) is 0 Å². The SMILES string of the molecule is CC(=O)N1c2ccc(S(=O)(=O)N3CCC[C@@H](C)C3)cc2C[C@H]1C. The van der Waals surface area contributed by atoms with E-state index in [2.05, 4.69) is 6.92 Å². The van der Waals surface area contributed by atoms with Gasteiger partial charge in [-0.05, 0) is 55.9 Å². The lowest BCUT2D eigenvalue weighted by Gasteiger charge is -2.30. The molecule has 1 fully saturated rings. The van der Waals surface area contributed by atoms with Crippen LogP contribution >= 0.6 is 0 Å². The van der Waals surface area contributed by atoms with Gasteiger partial charge in [0.2, 0.25) is 15.9 Å². The molecule has 2 heterocycles. The van der Waals surface area contributed by atoms with Crippen LogP contribution in [0.5, 0.6) is 0 Å². The maximum atomic E-state index is 12.9. The minimum absolute atomic E-state index is 0.00304. The minimum atomic E-state index is -3.44. The van der Waals surface area contributed by atoms with Crippen molar-refractivity contribution in [2.24, 2.45) is 5.92 Å². The van der Waals surface area contributed by atoms with Crippen LogP contribution < -0.4 is 4.90 Å². The normalized spacial score (nSPS) is 25.4. The van der Waals surface area contributed by atoms with E-state index in [1.807, 2.05) is 6.92 Å². The second kappa shape index (κ2) is 5.91. The highest BCUT2D eigenvalue weighted by Gasteiger charge is 2.33. The van der Waals surface area contributed by atoms with Gasteiger partial charge in [0.15, 0.2) is 0 Å². The number of carbonyl (C=O) groups is 1. The lowest BCUT2D eigenvalue weighted by Crippen LogP contribution is -2.39. The summed E-state index contributed by atoms with van der Waals surface area (Å²) in [6, 6.07) is 5.25. The maximum absolute atomic E-state index is 12.9. The molecule has 0 N–H and O–H groups in total. The van der Waals surface area contributed by atoms with Gasteiger partial charge in [-0.2, -0.15) is 4.31 Å². The van der Waals surface area contributed by atoms with Crippen molar-refractivity contribution in [2.45, 2.75) is 51.0 Å². The van der Waals surface area contributed by atoms with Gasteiger partial charge >= 0.3 is 0 Å². The van der Waals surface area contributed by atoms with Crippen molar-refractivity contribution >= 4 is 21.6 Å². The molecule has 1 amide bonds. The number of carbonyl (C=O) groups excluding carboxylic acids is 1. The standard InChI is InChI=1S/C17H24N2O3S/c1-12-5-4-8-18(11-12)23(21,22)16-6-7-17-15(10-16)9-13(2)19(17)14(3)20/h6-7,10,12-13H,4-5,8-9,11H2,1-3H3/t12-,13-/m1/s1. The number of benzene rings is 1. The van der Waals surface area contributed by atoms with E-state index in [9.17, 15) is 13.2 Å². The molecule has 23 heavy (non-hydrogen) atoms. The number of nitrogens with zero attached hydrogens (tertiary/aromatic N) is 2. The number of anilines is 1. The Hall–Kier alpha value is -1.40. The molecule has 0 aromatic heterocycles. The molecule has 0 saturated carbocycles. The fraction of sp³-hybridized carbons (Fsp3) is 0.588. The molecule has 1 aromatic carbocycles. The second-order valence-electron chi connectivity index (χ2n) is 6.84. The summed E-state index contributed by atoms with van der Waals surface area (Å²) in [5.74, 6) is 0.401. The van der Waals surface area contributed by atoms with E-state index in [4.69, 9.17) is 0 Å². The summed E-state index contributed by atoms with van der Waals surface area (Å²) in [5.41, 5.74) is 1.79. The van der Waals surface area contributed by atoms with Crippen molar-refractivity contribution in [1.29, 1.82) is 0 Å². The molecule has 0 unspecified atom stereocenters. The van der Waals surface area contributed by atoms with Gasteiger partial charge in [0.1, 0.15) is 0 Å². The first kappa shape index (κ1) is 16.5. The van der Waals surface area contributed by atoms with Gasteiger partial charge in [0.05, 0.1) is 4.90 Å². The molecular formula is C17H24N2O3S. The molecule has 0 radical (unpaired) electrons. The van der Waals surface area contributed by atoms with Crippen LogP contribution in [0.3, 0.4) is 0 Å². The molecule has 2 atom stereocenters. The van der Waals surface area contributed by atoms with Crippen molar-refractivity contribution in [1.82, 2.24) is 4.31 Å². The molecular weight excluding hydrogens is 312 g/mol. The molecule has 0 spiro atoms. The lowest BCUT2D eigenvalue weighted by atomic mass is 10.0. The van der Waals surface area contributed by atoms with Crippen molar-refractivity contribution in [3.05, 3.63) is 23.8 Å². The number of sulfonamides is 1. The quantitative estimate of drug-likeness (QED) is 0.833. The first-order valence-corrected chi connectivity index (χ1v) is 9.67. The summed E-state index contributed by atoms with van der Waals surface area (Å²) in [4.78, 5) is 13.9. The van der Waals surface area contributed by atoms with Gasteiger partial charge in [0, 0.05) is 31.7 Å². The molecule has 0 aliphatic carbocycles. The molecule has 0 bridgehead atoms. The number of piperidine rings is 1. The van der Waals surface area contributed by atoms with Crippen LogP contribution in [0.25, 0.3) is 0 Å². The fourth-order valence-corrected chi connectivity index (χ4v) is 5.41. The van der Waals surface area contributed by atoms with Gasteiger partial charge in [-0.25, -0.2) is 8.42 Å². The van der Waals surface area contributed by atoms with Crippen LogP contribution in [0.15, 0.2) is 23.1 Å². The van der Waals surface area contributed by atoms with E-state index in [1.54, 1.807) is 34.3 Å². The van der Waals surface area contributed by atoms with Gasteiger partial charge in [-0.3, -0.25) is 4.79 Å². The lowest BCUT2D eigenvalue weighted by molar-refractivity contribution is -0.116. The topological polar surface area (TPSA) is 57.7 Å². The molecule has 2 aliphatic rings. The zero-order chi connectivity index (χ0) is 16.8. The molecule has 126 valence electrons. The zero-order valence-electron chi connectivity index (χ0n) is 13.9. The third kappa shape index (κ3) is 2.90. The predicted octanol–water partition coefficient (Wildman–Crippen LogP) is 2.40. The Morgan fingerprint density at radius 2 is 2.00 bits per heavy atom. The average Bonchev–Trinajstić information content (AvgIpc) is 2.82.